The van der Waals surface area contributed by atoms with Gasteiger partial charge in [0.15, 0.2) is 0 Å². The van der Waals surface area contributed by atoms with E-state index in [1.54, 1.807) is 24.3 Å². The molecule has 0 bridgehead atoms. The first-order valence-electron chi connectivity index (χ1n) is 7.13. The van der Waals surface area contributed by atoms with E-state index in [4.69, 9.17) is 17.3 Å². The van der Waals surface area contributed by atoms with Gasteiger partial charge in [-0.05, 0) is 49.6 Å². The topological polar surface area (TPSA) is 84.2 Å². The summed E-state index contributed by atoms with van der Waals surface area (Å²) >= 11 is 5.77. The Hall–Kier alpha value is -1.59. The summed E-state index contributed by atoms with van der Waals surface area (Å²) in [6, 6.07) is 6.81. The molecule has 0 aromatic heterocycles. The normalized spacial score (nSPS) is 21.0. The number of benzene rings is 1. The second kappa shape index (κ2) is 7.43. The standard InChI is InChI=1S/C15H20ClN3O2/c16-11-4-6-12(7-5-11)19-14(20)9-18-15(21)13-3-1-2-10(13)8-17/h4-7,10,13H,1-3,8-9,17H2,(H,18,21)(H,19,20)/t10-,13-/m1/s1. The number of hydrogen-bond acceptors (Lipinski definition) is 3. The average molecular weight is 310 g/mol. The Morgan fingerprint density at radius 2 is 1.95 bits per heavy atom. The second-order valence-electron chi connectivity index (χ2n) is 5.31. The number of halogens is 1. The van der Waals surface area contributed by atoms with Gasteiger partial charge in [0.05, 0.1) is 6.54 Å². The van der Waals surface area contributed by atoms with Gasteiger partial charge in [-0.25, -0.2) is 0 Å². The van der Waals surface area contributed by atoms with Crippen LogP contribution in [-0.4, -0.2) is 24.9 Å². The molecule has 1 aliphatic rings. The third-order valence-electron chi connectivity index (χ3n) is 3.85. The fraction of sp³-hybridized carbons (Fsp3) is 0.467. The van der Waals surface area contributed by atoms with E-state index >= 15 is 0 Å². The monoisotopic (exact) mass is 309 g/mol. The van der Waals surface area contributed by atoms with Crippen molar-refractivity contribution >= 4 is 29.1 Å². The summed E-state index contributed by atoms with van der Waals surface area (Å²) < 4.78 is 0. The lowest BCUT2D eigenvalue weighted by atomic mass is 9.95. The maximum Gasteiger partial charge on any atom is 0.243 e. The smallest absolute Gasteiger partial charge is 0.243 e. The Labute approximate surface area is 129 Å². The fourth-order valence-corrected chi connectivity index (χ4v) is 2.83. The van der Waals surface area contributed by atoms with Crippen molar-refractivity contribution in [3.63, 3.8) is 0 Å². The molecule has 0 unspecified atom stereocenters. The molecule has 4 N–H and O–H groups in total. The molecule has 2 amide bonds. The van der Waals surface area contributed by atoms with Crippen molar-refractivity contribution in [1.82, 2.24) is 5.32 Å². The first-order valence-corrected chi connectivity index (χ1v) is 7.51. The Morgan fingerprint density at radius 1 is 1.24 bits per heavy atom. The highest BCUT2D eigenvalue weighted by Crippen LogP contribution is 2.30. The Bertz CT molecular complexity index is 504. The molecule has 1 saturated carbocycles. The quantitative estimate of drug-likeness (QED) is 0.775. The molecule has 1 aliphatic carbocycles. The highest BCUT2D eigenvalue weighted by molar-refractivity contribution is 6.30. The zero-order valence-electron chi connectivity index (χ0n) is 11.8. The minimum atomic E-state index is -0.257. The summed E-state index contributed by atoms with van der Waals surface area (Å²) in [6.07, 6.45) is 2.87. The molecule has 1 aromatic carbocycles. The second-order valence-corrected chi connectivity index (χ2v) is 5.74. The molecule has 2 atom stereocenters. The predicted molar refractivity (Wildman–Crippen MR) is 83.0 cm³/mol. The van der Waals surface area contributed by atoms with Crippen molar-refractivity contribution < 1.29 is 9.59 Å². The van der Waals surface area contributed by atoms with E-state index in [-0.39, 0.29) is 30.2 Å². The van der Waals surface area contributed by atoms with Gasteiger partial charge in [0, 0.05) is 16.6 Å². The molecule has 0 aliphatic heterocycles. The lowest BCUT2D eigenvalue weighted by molar-refractivity contribution is -0.128. The highest BCUT2D eigenvalue weighted by atomic mass is 35.5. The number of nitrogens with one attached hydrogen (secondary N) is 2. The van der Waals surface area contributed by atoms with Gasteiger partial charge in [-0.15, -0.1) is 0 Å². The van der Waals surface area contributed by atoms with Crippen LogP contribution < -0.4 is 16.4 Å². The van der Waals surface area contributed by atoms with Crippen LogP contribution in [0, 0.1) is 11.8 Å². The average Bonchev–Trinajstić information content (AvgIpc) is 2.96. The van der Waals surface area contributed by atoms with Gasteiger partial charge >= 0.3 is 0 Å². The number of rotatable bonds is 5. The van der Waals surface area contributed by atoms with Crippen LogP contribution in [0.5, 0.6) is 0 Å². The van der Waals surface area contributed by atoms with Crippen molar-refractivity contribution in [2.75, 3.05) is 18.4 Å². The van der Waals surface area contributed by atoms with Gasteiger partial charge in [0.2, 0.25) is 11.8 Å². The SMILES string of the molecule is NC[C@H]1CCC[C@H]1C(=O)NCC(=O)Nc1ccc(Cl)cc1. The van der Waals surface area contributed by atoms with Crippen LogP contribution in [0.25, 0.3) is 0 Å². The summed E-state index contributed by atoms with van der Waals surface area (Å²) in [5.41, 5.74) is 6.31. The predicted octanol–water partition coefficient (Wildman–Crippen LogP) is 1.77. The largest absolute Gasteiger partial charge is 0.347 e. The van der Waals surface area contributed by atoms with Crippen molar-refractivity contribution in [1.29, 1.82) is 0 Å². The molecule has 0 spiro atoms. The summed E-state index contributed by atoms with van der Waals surface area (Å²) in [7, 11) is 0. The molecular weight excluding hydrogens is 290 g/mol. The zero-order valence-corrected chi connectivity index (χ0v) is 12.5. The van der Waals surface area contributed by atoms with Crippen molar-refractivity contribution in [2.45, 2.75) is 19.3 Å². The Morgan fingerprint density at radius 3 is 2.62 bits per heavy atom. The molecule has 0 saturated heterocycles. The van der Waals surface area contributed by atoms with Crippen LogP contribution in [-0.2, 0) is 9.59 Å². The number of anilines is 1. The van der Waals surface area contributed by atoms with Crippen LogP contribution >= 0.6 is 11.6 Å². The van der Waals surface area contributed by atoms with Gasteiger partial charge < -0.3 is 16.4 Å². The molecule has 0 heterocycles. The van der Waals surface area contributed by atoms with Gasteiger partial charge in [0.25, 0.3) is 0 Å². The van der Waals surface area contributed by atoms with Gasteiger partial charge in [0.1, 0.15) is 0 Å². The van der Waals surface area contributed by atoms with E-state index in [2.05, 4.69) is 10.6 Å². The highest BCUT2D eigenvalue weighted by Gasteiger charge is 2.31. The molecule has 0 radical (unpaired) electrons. The van der Waals surface area contributed by atoms with E-state index in [0.29, 0.717) is 17.3 Å². The number of carbonyl (C=O) groups excluding carboxylic acids is 2. The first-order chi connectivity index (χ1) is 10.1. The minimum absolute atomic E-state index is 0.0325. The van der Waals surface area contributed by atoms with Crippen LogP contribution in [0.4, 0.5) is 5.69 Å². The third kappa shape index (κ3) is 4.44. The molecule has 1 aromatic rings. The van der Waals surface area contributed by atoms with Gasteiger partial charge in [-0.1, -0.05) is 18.0 Å². The Kier molecular flexibility index (Phi) is 5.59. The molecule has 21 heavy (non-hydrogen) atoms. The number of hydrogen-bond donors (Lipinski definition) is 3. The molecule has 2 rings (SSSR count). The molecule has 6 heteroatoms. The van der Waals surface area contributed by atoms with Gasteiger partial charge in [-0.2, -0.15) is 0 Å². The zero-order chi connectivity index (χ0) is 15.2. The van der Waals surface area contributed by atoms with Gasteiger partial charge in [-0.3, -0.25) is 9.59 Å². The molecule has 1 fully saturated rings. The number of nitrogens with two attached hydrogens (primary N) is 1. The van der Waals surface area contributed by atoms with Crippen LogP contribution in [0.3, 0.4) is 0 Å². The van der Waals surface area contributed by atoms with Crippen LogP contribution in [0.15, 0.2) is 24.3 Å². The molecule has 5 nitrogen and oxygen atoms in total. The van der Waals surface area contributed by atoms with Crippen LogP contribution in [0.1, 0.15) is 19.3 Å². The maximum atomic E-state index is 12.1. The lowest BCUT2D eigenvalue weighted by Gasteiger charge is -2.17. The minimum Gasteiger partial charge on any atom is -0.347 e. The van der Waals surface area contributed by atoms with Crippen LogP contribution in [0.2, 0.25) is 5.02 Å². The Balaban J connectivity index is 1.78. The van der Waals surface area contributed by atoms with Crippen molar-refractivity contribution in [3.05, 3.63) is 29.3 Å². The van der Waals surface area contributed by atoms with E-state index in [1.807, 2.05) is 0 Å². The lowest BCUT2D eigenvalue weighted by Crippen LogP contribution is -2.39. The fourth-order valence-electron chi connectivity index (χ4n) is 2.70. The van der Waals surface area contributed by atoms with E-state index in [0.717, 1.165) is 19.3 Å². The maximum absolute atomic E-state index is 12.1. The van der Waals surface area contributed by atoms with E-state index in [1.165, 1.54) is 0 Å². The summed E-state index contributed by atoms with van der Waals surface area (Å²) in [5, 5.41) is 6.00. The molecule has 114 valence electrons. The van der Waals surface area contributed by atoms with Crippen molar-refractivity contribution in [3.8, 4) is 0 Å². The summed E-state index contributed by atoms with van der Waals surface area (Å²) in [5.74, 6) is -0.148. The number of carbonyl (C=O) groups is 2. The summed E-state index contributed by atoms with van der Waals surface area (Å²) in [6.45, 7) is 0.490. The van der Waals surface area contributed by atoms with E-state index in [9.17, 15) is 9.59 Å². The summed E-state index contributed by atoms with van der Waals surface area (Å²) in [4.78, 5) is 23.8. The first kappa shape index (κ1) is 15.8. The van der Waals surface area contributed by atoms with E-state index < -0.39 is 0 Å². The number of amides is 2. The molecular formula is C15H20ClN3O2. The third-order valence-corrected chi connectivity index (χ3v) is 4.10. The van der Waals surface area contributed by atoms with Crippen molar-refractivity contribution in [2.24, 2.45) is 17.6 Å².